The number of aromatic hydroxyl groups is 1. The molecule has 114 valence electrons. The van der Waals surface area contributed by atoms with Gasteiger partial charge in [0.2, 0.25) is 0 Å². The van der Waals surface area contributed by atoms with Crippen molar-refractivity contribution in [1.82, 2.24) is 5.32 Å². The number of halogens is 1. The minimum Gasteiger partial charge on any atom is -0.503 e. The molecule has 0 heterocycles. The zero-order valence-electron chi connectivity index (χ0n) is 12.6. The van der Waals surface area contributed by atoms with Gasteiger partial charge >= 0.3 is 0 Å². The van der Waals surface area contributed by atoms with Crippen LogP contribution in [0.3, 0.4) is 0 Å². The summed E-state index contributed by atoms with van der Waals surface area (Å²) in [5.41, 5.74) is 1.25. The largest absolute Gasteiger partial charge is 0.503 e. The Morgan fingerprint density at radius 1 is 1.30 bits per heavy atom. The van der Waals surface area contributed by atoms with E-state index in [-0.39, 0.29) is 11.2 Å². The highest BCUT2D eigenvalue weighted by Gasteiger charge is 2.17. The van der Waals surface area contributed by atoms with Crippen molar-refractivity contribution in [2.75, 3.05) is 27.4 Å². The molecule has 0 aromatic heterocycles. The van der Waals surface area contributed by atoms with Crippen LogP contribution in [0.4, 0.5) is 0 Å². The summed E-state index contributed by atoms with van der Waals surface area (Å²) < 4.78 is 10.9. The second-order valence-corrected chi connectivity index (χ2v) is 6.49. The minimum absolute atomic E-state index is 0.136. The van der Waals surface area contributed by atoms with E-state index < -0.39 is 0 Å². The molecule has 0 atom stereocenters. The van der Waals surface area contributed by atoms with Crippen molar-refractivity contribution < 1.29 is 14.6 Å². The van der Waals surface area contributed by atoms with Gasteiger partial charge in [0.05, 0.1) is 11.6 Å². The van der Waals surface area contributed by atoms with Gasteiger partial charge in [-0.15, -0.1) is 0 Å². The standard InChI is InChI=1S/C15H24BrNO3/c1-15(2,5-6-19-3)10-17-9-11-7-12(16)14(18)13(8-11)20-4/h7-8,17-18H,5-6,9-10H2,1-4H3. The maximum Gasteiger partial charge on any atom is 0.172 e. The Hall–Kier alpha value is -0.780. The van der Waals surface area contributed by atoms with Crippen molar-refractivity contribution in [2.24, 2.45) is 5.41 Å². The van der Waals surface area contributed by atoms with Crippen LogP contribution in [0, 0.1) is 5.41 Å². The lowest BCUT2D eigenvalue weighted by Crippen LogP contribution is -2.30. The van der Waals surface area contributed by atoms with Crippen molar-refractivity contribution >= 4 is 15.9 Å². The Bertz CT molecular complexity index is 435. The zero-order chi connectivity index (χ0) is 15.2. The Balaban J connectivity index is 2.56. The molecule has 0 saturated carbocycles. The van der Waals surface area contributed by atoms with Gasteiger partial charge in [-0.1, -0.05) is 13.8 Å². The van der Waals surface area contributed by atoms with E-state index in [9.17, 15) is 5.11 Å². The molecular formula is C15H24BrNO3. The molecule has 5 heteroatoms. The summed E-state index contributed by atoms with van der Waals surface area (Å²) in [7, 11) is 3.27. The molecule has 20 heavy (non-hydrogen) atoms. The number of benzene rings is 1. The summed E-state index contributed by atoms with van der Waals surface area (Å²) in [6.07, 6.45) is 1.01. The molecule has 0 radical (unpaired) electrons. The Labute approximate surface area is 129 Å². The third kappa shape index (κ3) is 5.31. The number of hydrogen-bond acceptors (Lipinski definition) is 4. The topological polar surface area (TPSA) is 50.7 Å². The molecular weight excluding hydrogens is 322 g/mol. The number of nitrogens with one attached hydrogen (secondary N) is 1. The summed E-state index contributed by atoms with van der Waals surface area (Å²) >= 11 is 3.33. The van der Waals surface area contributed by atoms with E-state index in [4.69, 9.17) is 9.47 Å². The number of phenolic OH excluding ortho intramolecular Hbond substituents is 1. The van der Waals surface area contributed by atoms with Crippen LogP contribution < -0.4 is 10.1 Å². The van der Waals surface area contributed by atoms with Crippen molar-refractivity contribution in [3.63, 3.8) is 0 Å². The molecule has 0 unspecified atom stereocenters. The quantitative estimate of drug-likeness (QED) is 0.758. The molecule has 0 fully saturated rings. The second kappa shape index (κ2) is 7.86. The fourth-order valence-corrected chi connectivity index (χ4v) is 2.39. The monoisotopic (exact) mass is 345 g/mol. The third-order valence-corrected chi connectivity index (χ3v) is 3.83. The van der Waals surface area contributed by atoms with Gasteiger partial charge in [0.15, 0.2) is 11.5 Å². The Morgan fingerprint density at radius 3 is 2.60 bits per heavy atom. The van der Waals surface area contributed by atoms with Gasteiger partial charge in [-0.3, -0.25) is 0 Å². The van der Waals surface area contributed by atoms with Crippen LogP contribution in [0.25, 0.3) is 0 Å². The zero-order valence-corrected chi connectivity index (χ0v) is 14.2. The smallest absolute Gasteiger partial charge is 0.172 e. The molecule has 1 rings (SSSR count). The highest BCUT2D eigenvalue weighted by atomic mass is 79.9. The van der Waals surface area contributed by atoms with Gasteiger partial charge in [-0.25, -0.2) is 0 Å². The van der Waals surface area contributed by atoms with Gasteiger partial charge < -0.3 is 19.9 Å². The summed E-state index contributed by atoms with van der Waals surface area (Å²) in [6, 6.07) is 3.74. The first kappa shape index (κ1) is 17.3. The van der Waals surface area contributed by atoms with E-state index >= 15 is 0 Å². The highest BCUT2D eigenvalue weighted by Crippen LogP contribution is 2.35. The van der Waals surface area contributed by atoms with Crippen LogP contribution in [0.15, 0.2) is 16.6 Å². The molecule has 1 aromatic carbocycles. The molecule has 1 aromatic rings. The predicted molar refractivity (Wildman–Crippen MR) is 84.3 cm³/mol. The Kier molecular flexibility index (Phi) is 6.79. The third-order valence-electron chi connectivity index (χ3n) is 3.22. The molecule has 0 spiro atoms. The lowest BCUT2D eigenvalue weighted by atomic mass is 9.89. The van der Waals surface area contributed by atoms with E-state index in [0.29, 0.717) is 10.2 Å². The van der Waals surface area contributed by atoms with Crippen LogP contribution in [0.2, 0.25) is 0 Å². The van der Waals surface area contributed by atoms with Crippen molar-refractivity contribution in [1.29, 1.82) is 0 Å². The predicted octanol–water partition coefficient (Wildman–Crippen LogP) is 3.32. The van der Waals surface area contributed by atoms with Crippen LogP contribution in [-0.2, 0) is 11.3 Å². The lowest BCUT2D eigenvalue weighted by molar-refractivity contribution is 0.150. The molecule has 0 aliphatic heterocycles. The number of hydrogen-bond donors (Lipinski definition) is 2. The van der Waals surface area contributed by atoms with Gasteiger partial charge in [-0.05, 0) is 45.5 Å². The van der Waals surface area contributed by atoms with E-state index in [1.54, 1.807) is 14.2 Å². The first-order chi connectivity index (χ1) is 9.39. The molecule has 0 aliphatic rings. The van der Waals surface area contributed by atoms with Gasteiger partial charge in [0, 0.05) is 26.8 Å². The van der Waals surface area contributed by atoms with E-state index in [1.807, 2.05) is 12.1 Å². The molecule has 2 N–H and O–H groups in total. The maximum atomic E-state index is 9.77. The molecule has 0 amide bonds. The van der Waals surface area contributed by atoms with Crippen molar-refractivity contribution in [3.8, 4) is 11.5 Å². The van der Waals surface area contributed by atoms with E-state index in [1.165, 1.54) is 0 Å². The molecule has 4 nitrogen and oxygen atoms in total. The van der Waals surface area contributed by atoms with Crippen LogP contribution in [-0.4, -0.2) is 32.5 Å². The normalized spacial score (nSPS) is 11.7. The van der Waals surface area contributed by atoms with Gasteiger partial charge in [-0.2, -0.15) is 0 Å². The number of ether oxygens (including phenoxy) is 2. The first-order valence-corrected chi connectivity index (χ1v) is 7.44. The van der Waals surface area contributed by atoms with Crippen LogP contribution in [0.1, 0.15) is 25.8 Å². The number of methoxy groups -OCH3 is 2. The van der Waals surface area contributed by atoms with Crippen molar-refractivity contribution in [2.45, 2.75) is 26.8 Å². The average Bonchev–Trinajstić information content (AvgIpc) is 2.40. The van der Waals surface area contributed by atoms with Crippen LogP contribution >= 0.6 is 15.9 Å². The minimum atomic E-state index is 0.136. The lowest BCUT2D eigenvalue weighted by Gasteiger charge is -2.24. The van der Waals surface area contributed by atoms with E-state index in [2.05, 4.69) is 35.1 Å². The summed E-state index contributed by atoms with van der Waals surface area (Å²) in [4.78, 5) is 0. The van der Waals surface area contributed by atoms with E-state index in [0.717, 1.165) is 31.7 Å². The van der Waals surface area contributed by atoms with Crippen LogP contribution in [0.5, 0.6) is 11.5 Å². The highest BCUT2D eigenvalue weighted by molar-refractivity contribution is 9.10. The molecule has 0 saturated heterocycles. The fourth-order valence-electron chi connectivity index (χ4n) is 1.90. The Morgan fingerprint density at radius 2 is 2.00 bits per heavy atom. The fraction of sp³-hybridized carbons (Fsp3) is 0.600. The SMILES string of the molecule is COCCC(C)(C)CNCc1cc(Br)c(O)c(OC)c1. The second-order valence-electron chi connectivity index (χ2n) is 5.64. The summed E-state index contributed by atoms with van der Waals surface area (Å²) in [5.74, 6) is 0.617. The number of phenols is 1. The molecule has 0 bridgehead atoms. The van der Waals surface area contributed by atoms with Gasteiger partial charge in [0.25, 0.3) is 0 Å². The molecule has 0 aliphatic carbocycles. The number of rotatable bonds is 8. The average molecular weight is 346 g/mol. The van der Waals surface area contributed by atoms with Crippen molar-refractivity contribution in [3.05, 3.63) is 22.2 Å². The maximum absolute atomic E-state index is 9.77. The van der Waals surface area contributed by atoms with Gasteiger partial charge in [0.1, 0.15) is 0 Å². The summed E-state index contributed by atoms with van der Waals surface area (Å²) in [5, 5.41) is 13.2. The summed E-state index contributed by atoms with van der Waals surface area (Å²) in [6.45, 7) is 6.83. The first-order valence-electron chi connectivity index (χ1n) is 6.64.